The number of esters is 1. The summed E-state index contributed by atoms with van der Waals surface area (Å²) in [7, 11) is 4.89. The first-order chi connectivity index (χ1) is 11.6. The molecule has 0 atom stereocenters. The van der Waals surface area contributed by atoms with Crippen LogP contribution < -0.4 is 4.74 Å². The fourth-order valence-corrected chi connectivity index (χ4v) is 2.63. The molecule has 0 N–H and O–H groups in total. The Morgan fingerprint density at radius 3 is 2.42 bits per heavy atom. The Morgan fingerprint density at radius 1 is 1.04 bits per heavy atom. The fraction of sp³-hybridized carbons (Fsp3) is 0.158. The topological polar surface area (TPSA) is 53.4 Å². The standard InChI is InChI=1S/C19H18N2O3/c1-21-18(13-8-10-14(23-2)11-9-13)12-17(20-21)15-6-4-5-7-16(15)19(22)24-3/h4-12H,1-3H3. The maximum Gasteiger partial charge on any atom is 0.338 e. The summed E-state index contributed by atoms with van der Waals surface area (Å²) in [5.41, 5.74) is 3.95. The molecule has 122 valence electrons. The fourth-order valence-electron chi connectivity index (χ4n) is 2.63. The van der Waals surface area contributed by atoms with Crippen molar-refractivity contribution in [2.24, 2.45) is 7.05 Å². The lowest BCUT2D eigenvalue weighted by molar-refractivity contribution is 0.0601. The van der Waals surface area contributed by atoms with E-state index in [0.717, 1.165) is 28.3 Å². The second-order valence-electron chi connectivity index (χ2n) is 5.30. The second-order valence-corrected chi connectivity index (χ2v) is 5.30. The lowest BCUT2D eigenvalue weighted by atomic mass is 10.0. The zero-order chi connectivity index (χ0) is 17.1. The van der Waals surface area contributed by atoms with Crippen molar-refractivity contribution in [2.75, 3.05) is 14.2 Å². The highest BCUT2D eigenvalue weighted by Gasteiger charge is 2.16. The van der Waals surface area contributed by atoms with E-state index in [2.05, 4.69) is 5.10 Å². The molecule has 24 heavy (non-hydrogen) atoms. The summed E-state index contributed by atoms with van der Waals surface area (Å²) in [6.07, 6.45) is 0. The first kappa shape index (κ1) is 15.8. The first-order valence-corrected chi connectivity index (χ1v) is 7.50. The van der Waals surface area contributed by atoms with Crippen LogP contribution in [0.25, 0.3) is 22.5 Å². The molecule has 3 rings (SSSR count). The molecule has 3 aromatic rings. The molecule has 5 heteroatoms. The number of carbonyl (C=O) groups is 1. The number of methoxy groups -OCH3 is 2. The van der Waals surface area contributed by atoms with E-state index in [1.807, 2.05) is 55.6 Å². The molecule has 0 saturated heterocycles. The van der Waals surface area contributed by atoms with Gasteiger partial charge >= 0.3 is 5.97 Å². The highest BCUT2D eigenvalue weighted by molar-refractivity contribution is 5.97. The molecular formula is C19H18N2O3. The smallest absolute Gasteiger partial charge is 0.338 e. The van der Waals surface area contributed by atoms with Crippen LogP contribution in [0.1, 0.15) is 10.4 Å². The number of rotatable bonds is 4. The van der Waals surface area contributed by atoms with E-state index in [4.69, 9.17) is 9.47 Å². The van der Waals surface area contributed by atoms with Gasteiger partial charge in [-0.1, -0.05) is 18.2 Å². The third kappa shape index (κ3) is 2.88. The molecule has 1 heterocycles. The number of hydrogen-bond donors (Lipinski definition) is 0. The monoisotopic (exact) mass is 322 g/mol. The Labute approximate surface area is 140 Å². The van der Waals surface area contributed by atoms with E-state index in [9.17, 15) is 4.79 Å². The average Bonchev–Trinajstić information content (AvgIpc) is 3.02. The van der Waals surface area contributed by atoms with E-state index in [1.54, 1.807) is 17.9 Å². The summed E-state index contributed by atoms with van der Waals surface area (Å²) >= 11 is 0. The van der Waals surface area contributed by atoms with Crippen LogP contribution in [0, 0.1) is 0 Å². The molecule has 0 fully saturated rings. The van der Waals surface area contributed by atoms with Crippen molar-refractivity contribution in [3.8, 4) is 28.3 Å². The average molecular weight is 322 g/mol. The number of benzene rings is 2. The largest absolute Gasteiger partial charge is 0.497 e. The summed E-state index contributed by atoms with van der Waals surface area (Å²) in [5, 5.41) is 4.55. The predicted octanol–water partition coefficient (Wildman–Crippen LogP) is 3.55. The summed E-state index contributed by atoms with van der Waals surface area (Å²) < 4.78 is 11.8. The van der Waals surface area contributed by atoms with Crippen LogP contribution >= 0.6 is 0 Å². The Bertz CT molecular complexity index is 867. The summed E-state index contributed by atoms with van der Waals surface area (Å²) in [4.78, 5) is 12.0. The molecule has 0 saturated carbocycles. The Kier molecular flexibility index (Phi) is 4.33. The molecule has 0 aliphatic rings. The van der Waals surface area contributed by atoms with Crippen LogP contribution in [0.3, 0.4) is 0 Å². The SMILES string of the molecule is COC(=O)c1ccccc1-c1cc(-c2ccc(OC)cc2)n(C)n1. The molecule has 2 aromatic carbocycles. The van der Waals surface area contributed by atoms with Crippen molar-refractivity contribution in [2.45, 2.75) is 0 Å². The van der Waals surface area contributed by atoms with Crippen molar-refractivity contribution in [1.82, 2.24) is 9.78 Å². The molecular weight excluding hydrogens is 304 g/mol. The maximum absolute atomic E-state index is 12.0. The number of carbonyl (C=O) groups excluding carboxylic acids is 1. The zero-order valence-electron chi connectivity index (χ0n) is 13.8. The van der Waals surface area contributed by atoms with Gasteiger partial charge in [0.2, 0.25) is 0 Å². The normalized spacial score (nSPS) is 10.5. The van der Waals surface area contributed by atoms with Crippen LogP contribution in [0.15, 0.2) is 54.6 Å². The van der Waals surface area contributed by atoms with Gasteiger partial charge in [-0.05, 0) is 36.4 Å². The Hall–Kier alpha value is -3.08. The van der Waals surface area contributed by atoms with Crippen molar-refractivity contribution >= 4 is 5.97 Å². The van der Waals surface area contributed by atoms with Gasteiger partial charge in [-0.25, -0.2) is 4.79 Å². The van der Waals surface area contributed by atoms with Crippen LogP contribution in [0.2, 0.25) is 0 Å². The number of ether oxygens (including phenoxy) is 2. The minimum Gasteiger partial charge on any atom is -0.497 e. The number of aryl methyl sites for hydroxylation is 1. The van der Waals surface area contributed by atoms with Crippen molar-refractivity contribution in [3.63, 3.8) is 0 Å². The number of hydrogen-bond acceptors (Lipinski definition) is 4. The van der Waals surface area contributed by atoms with Crippen LogP contribution in [-0.4, -0.2) is 30.0 Å². The third-order valence-electron chi connectivity index (χ3n) is 3.87. The number of nitrogens with zero attached hydrogens (tertiary/aromatic N) is 2. The maximum atomic E-state index is 12.0. The van der Waals surface area contributed by atoms with Gasteiger partial charge in [0.1, 0.15) is 5.75 Å². The van der Waals surface area contributed by atoms with Gasteiger partial charge in [0, 0.05) is 18.2 Å². The lowest BCUT2D eigenvalue weighted by Crippen LogP contribution is -2.03. The number of aromatic nitrogens is 2. The minimum atomic E-state index is -0.373. The minimum absolute atomic E-state index is 0.373. The van der Waals surface area contributed by atoms with E-state index < -0.39 is 0 Å². The van der Waals surface area contributed by atoms with Gasteiger partial charge in [-0.15, -0.1) is 0 Å². The quantitative estimate of drug-likeness (QED) is 0.689. The summed E-state index contributed by atoms with van der Waals surface area (Å²) in [6.45, 7) is 0. The zero-order valence-corrected chi connectivity index (χ0v) is 13.8. The van der Waals surface area contributed by atoms with Gasteiger partial charge in [-0.3, -0.25) is 4.68 Å². The van der Waals surface area contributed by atoms with Gasteiger partial charge in [-0.2, -0.15) is 5.10 Å². The molecule has 0 aliphatic carbocycles. The second kappa shape index (κ2) is 6.58. The Morgan fingerprint density at radius 2 is 1.75 bits per heavy atom. The highest BCUT2D eigenvalue weighted by atomic mass is 16.5. The van der Waals surface area contributed by atoms with Gasteiger partial charge in [0.25, 0.3) is 0 Å². The molecule has 0 aliphatic heterocycles. The molecule has 0 amide bonds. The van der Waals surface area contributed by atoms with Gasteiger partial charge < -0.3 is 9.47 Å². The lowest BCUT2D eigenvalue weighted by Gasteiger charge is -2.04. The van der Waals surface area contributed by atoms with Crippen molar-refractivity contribution in [1.29, 1.82) is 0 Å². The van der Waals surface area contributed by atoms with Crippen molar-refractivity contribution < 1.29 is 14.3 Å². The molecule has 0 radical (unpaired) electrons. The molecule has 0 unspecified atom stereocenters. The van der Waals surface area contributed by atoms with Gasteiger partial charge in [0.05, 0.1) is 31.2 Å². The van der Waals surface area contributed by atoms with Crippen LogP contribution in [0.5, 0.6) is 5.75 Å². The third-order valence-corrected chi connectivity index (χ3v) is 3.87. The van der Waals surface area contributed by atoms with Gasteiger partial charge in [0.15, 0.2) is 0 Å². The van der Waals surface area contributed by atoms with E-state index in [-0.39, 0.29) is 5.97 Å². The molecule has 1 aromatic heterocycles. The molecule has 0 spiro atoms. The van der Waals surface area contributed by atoms with E-state index in [1.165, 1.54) is 7.11 Å². The van der Waals surface area contributed by atoms with Crippen molar-refractivity contribution in [3.05, 3.63) is 60.2 Å². The highest BCUT2D eigenvalue weighted by Crippen LogP contribution is 2.29. The summed E-state index contributed by atoms with van der Waals surface area (Å²) in [5.74, 6) is 0.430. The van der Waals surface area contributed by atoms with E-state index >= 15 is 0 Å². The predicted molar refractivity (Wildman–Crippen MR) is 92.0 cm³/mol. The molecule has 0 bridgehead atoms. The van der Waals surface area contributed by atoms with Crippen LogP contribution in [-0.2, 0) is 11.8 Å². The summed E-state index contributed by atoms with van der Waals surface area (Å²) in [6, 6.07) is 17.0. The van der Waals surface area contributed by atoms with E-state index in [0.29, 0.717) is 5.56 Å². The molecule has 5 nitrogen and oxygen atoms in total. The Balaban J connectivity index is 2.05. The van der Waals surface area contributed by atoms with Crippen LogP contribution in [0.4, 0.5) is 0 Å². The first-order valence-electron chi connectivity index (χ1n) is 7.50.